The van der Waals surface area contributed by atoms with Crippen molar-refractivity contribution >= 4 is 29.3 Å². The minimum atomic E-state index is -0.294. The van der Waals surface area contributed by atoms with Crippen molar-refractivity contribution in [2.75, 3.05) is 6.54 Å². The van der Waals surface area contributed by atoms with Gasteiger partial charge in [0.2, 0.25) is 5.91 Å². The van der Waals surface area contributed by atoms with Crippen LogP contribution in [0.4, 0.5) is 0 Å². The van der Waals surface area contributed by atoms with Gasteiger partial charge >= 0.3 is 0 Å². The lowest BCUT2D eigenvalue weighted by Crippen LogP contribution is -2.31. The van der Waals surface area contributed by atoms with Crippen molar-refractivity contribution in [3.05, 3.63) is 53.8 Å². The average molecular weight is 402 g/mol. The van der Waals surface area contributed by atoms with Gasteiger partial charge < -0.3 is 5.32 Å². The molecule has 1 atom stereocenters. The summed E-state index contributed by atoms with van der Waals surface area (Å²) in [6.07, 6.45) is 4.32. The zero-order valence-corrected chi connectivity index (χ0v) is 16.7. The lowest BCUT2D eigenvalue weighted by Gasteiger charge is -2.14. The number of thioether (sulfide) groups is 1. The number of rotatable bonds is 7. The fourth-order valence-corrected chi connectivity index (χ4v) is 3.48. The normalized spacial score (nSPS) is 12.0. The second-order valence-corrected chi connectivity index (χ2v) is 7.65. The molecule has 1 amide bonds. The molecule has 2 aromatic heterocycles. The first-order chi connectivity index (χ1) is 13.1. The summed E-state index contributed by atoms with van der Waals surface area (Å²) in [7, 11) is 0. The van der Waals surface area contributed by atoms with E-state index in [1.807, 2.05) is 54.8 Å². The molecule has 0 unspecified atom stereocenters. The van der Waals surface area contributed by atoms with Crippen molar-refractivity contribution < 1.29 is 4.79 Å². The minimum Gasteiger partial charge on any atom is -0.355 e. The van der Waals surface area contributed by atoms with Crippen LogP contribution in [-0.2, 0) is 4.79 Å². The fraction of sp³-hybridized carbons (Fsp3) is 0.263. The van der Waals surface area contributed by atoms with Crippen LogP contribution in [0.25, 0.3) is 17.1 Å². The monoisotopic (exact) mass is 401 g/mol. The van der Waals surface area contributed by atoms with Gasteiger partial charge in [-0.25, -0.2) is 0 Å². The molecule has 1 aromatic carbocycles. The molecule has 1 N–H and O–H groups in total. The van der Waals surface area contributed by atoms with E-state index < -0.39 is 0 Å². The van der Waals surface area contributed by atoms with E-state index >= 15 is 0 Å². The maximum Gasteiger partial charge on any atom is 0.233 e. The number of carbonyl (C=O) groups excluding carboxylic acids is 1. The largest absolute Gasteiger partial charge is 0.355 e. The van der Waals surface area contributed by atoms with Crippen molar-refractivity contribution in [1.82, 2.24) is 25.1 Å². The first-order valence-electron chi connectivity index (χ1n) is 8.66. The third kappa shape index (κ3) is 4.67. The predicted molar refractivity (Wildman–Crippen MR) is 108 cm³/mol. The zero-order valence-electron chi connectivity index (χ0n) is 15.1. The molecule has 3 rings (SSSR count). The number of hydrogen-bond donors (Lipinski definition) is 1. The van der Waals surface area contributed by atoms with Crippen molar-refractivity contribution in [3.8, 4) is 17.1 Å². The van der Waals surface area contributed by atoms with Crippen molar-refractivity contribution in [3.63, 3.8) is 0 Å². The molecule has 0 saturated heterocycles. The number of nitrogens with one attached hydrogen (secondary N) is 1. The van der Waals surface area contributed by atoms with Crippen LogP contribution in [0.1, 0.15) is 20.3 Å². The summed E-state index contributed by atoms with van der Waals surface area (Å²) in [4.78, 5) is 16.3. The van der Waals surface area contributed by atoms with E-state index in [4.69, 9.17) is 11.6 Å². The summed E-state index contributed by atoms with van der Waals surface area (Å²) in [5.74, 6) is 0.668. The first kappa shape index (κ1) is 19.4. The van der Waals surface area contributed by atoms with Crippen LogP contribution in [0.5, 0.6) is 0 Å². The highest BCUT2D eigenvalue weighted by Gasteiger charge is 2.21. The molecule has 0 radical (unpaired) electrons. The summed E-state index contributed by atoms with van der Waals surface area (Å²) in [6, 6.07) is 11.2. The van der Waals surface area contributed by atoms with Crippen molar-refractivity contribution in [1.29, 1.82) is 0 Å². The van der Waals surface area contributed by atoms with Crippen molar-refractivity contribution in [2.45, 2.75) is 30.7 Å². The topological polar surface area (TPSA) is 72.7 Å². The first-order valence-corrected chi connectivity index (χ1v) is 9.92. The molecule has 0 fully saturated rings. The zero-order chi connectivity index (χ0) is 19.2. The summed E-state index contributed by atoms with van der Waals surface area (Å²) in [5.41, 5.74) is 1.77. The third-order valence-corrected chi connectivity index (χ3v) is 5.15. The summed E-state index contributed by atoms with van der Waals surface area (Å²) < 4.78 is 1.93. The third-order valence-electron chi connectivity index (χ3n) is 3.86. The van der Waals surface area contributed by atoms with Gasteiger partial charge in [0.1, 0.15) is 0 Å². The molecule has 6 nitrogen and oxygen atoms in total. The summed E-state index contributed by atoms with van der Waals surface area (Å²) in [5, 5.41) is 12.6. The number of carbonyl (C=O) groups is 1. The summed E-state index contributed by atoms with van der Waals surface area (Å²) in [6.45, 7) is 4.55. The fourth-order valence-electron chi connectivity index (χ4n) is 2.46. The Morgan fingerprint density at radius 1 is 1.19 bits per heavy atom. The SMILES string of the molecule is CCCNC(=O)[C@H](C)Sc1nnc(-c2ccncc2)n1-c1ccc(Cl)cc1. The van der Waals surface area contributed by atoms with Gasteiger partial charge in [-0.05, 0) is 49.7 Å². The lowest BCUT2D eigenvalue weighted by atomic mass is 10.2. The van der Waals surface area contributed by atoms with Gasteiger partial charge in [-0.3, -0.25) is 14.3 Å². The van der Waals surface area contributed by atoms with Gasteiger partial charge in [0.05, 0.1) is 5.25 Å². The molecule has 0 spiro atoms. The van der Waals surface area contributed by atoms with Gasteiger partial charge in [-0.2, -0.15) is 0 Å². The van der Waals surface area contributed by atoms with Crippen LogP contribution < -0.4 is 5.32 Å². The second kappa shape index (κ2) is 9.01. The number of pyridine rings is 1. The Kier molecular flexibility index (Phi) is 6.47. The standard InChI is InChI=1S/C19H20ClN5OS/c1-3-10-22-18(26)13(2)27-19-24-23-17(14-8-11-21-12-9-14)25(19)16-6-4-15(20)5-7-16/h4-9,11-13H,3,10H2,1-2H3,(H,22,26)/t13-/m0/s1. The van der Waals surface area contributed by atoms with Gasteiger partial charge in [0, 0.05) is 35.2 Å². The highest BCUT2D eigenvalue weighted by Crippen LogP contribution is 2.30. The Morgan fingerprint density at radius 2 is 1.89 bits per heavy atom. The van der Waals surface area contributed by atoms with Crippen LogP contribution in [-0.4, -0.2) is 37.5 Å². The number of benzene rings is 1. The van der Waals surface area contributed by atoms with Crippen LogP contribution >= 0.6 is 23.4 Å². The molecule has 2 heterocycles. The Balaban J connectivity index is 1.98. The molecule has 0 aliphatic heterocycles. The smallest absolute Gasteiger partial charge is 0.233 e. The lowest BCUT2D eigenvalue weighted by molar-refractivity contribution is -0.120. The van der Waals surface area contributed by atoms with Gasteiger partial charge in [0.15, 0.2) is 11.0 Å². The Bertz CT molecular complexity index is 898. The molecular weight excluding hydrogens is 382 g/mol. The molecule has 0 bridgehead atoms. The highest BCUT2D eigenvalue weighted by molar-refractivity contribution is 8.00. The number of halogens is 1. The Labute approximate surface area is 167 Å². The van der Waals surface area contributed by atoms with E-state index in [0.717, 1.165) is 17.7 Å². The minimum absolute atomic E-state index is 0.0158. The molecule has 27 heavy (non-hydrogen) atoms. The van der Waals surface area contributed by atoms with E-state index in [1.54, 1.807) is 12.4 Å². The van der Waals surface area contributed by atoms with Crippen LogP contribution in [0.3, 0.4) is 0 Å². The molecule has 0 aliphatic rings. The molecular formula is C19H20ClN5OS. The number of aromatic nitrogens is 4. The van der Waals surface area contributed by atoms with Gasteiger partial charge in [0.25, 0.3) is 0 Å². The quantitative estimate of drug-likeness (QED) is 0.606. The Morgan fingerprint density at radius 3 is 2.56 bits per heavy atom. The van der Waals surface area contributed by atoms with Crippen molar-refractivity contribution in [2.24, 2.45) is 0 Å². The number of amides is 1. The van der Waals surface area contributed by atoms with E-state index in [-0.39, 0.29) is 11.2 Å². The molecule has 3 aromatic rings. The molecule has 140 valence electrons. The predicted octanol–water partition coefficient (Wildman–Crippen LogP) is 3.99. The van der Waals surface area contributed by atoms with Gasteiger partial charge in [-0.15, -0.1) is 10.2 Å². The molecule has 8 heteroatoms. The second-order valence-electron chi connectivity index (χ2n) is 5.91. The number of hydrogen-bond acceptors (Lipinski definition) is 5. The number of nitrogens with zero attached hydrogens (tertiary/aromatic N) is 4. The van der Waals surface area contributed by atoms with E-state index in [2.05, 4.69) is 20.5 Å². The molecule has 0 aliphatic carbocycles. The summed E-state index contributed by atoms with van der Waals surface area (Å²) >= 11 is 7.41. The van der Waals surface area contributed by atoms with E-state index in [1.165, 1.54) is 11.8 Å². The van der Waals surface area contributed by atoms with Crippen LogP contribution in [0, 0.1) is 0 Å². The van der Waals surface area contributed by atoms with Gasteiger partial charge in [-0.1, -0.05) is 30.3 Å². The average Bonchev–Trinajstić information content (AvgIpc) is 3.10. The van der Waals surface area contributed by atoms with E-state index in [9.17, 15) is 4.79 Å². The highest BCUT2D eigenvalue weighted by atomic mass is 35.5. The maximum absolute atomic E-state index is 12.3. The van der Waals surface area contributed by atoms with Crippen LogP contribution in [0.2, 0.25) is 5.02 Å². The van der Waals surface area contributed by atoms with Crippen LogP contribution in [0.15, 0.2) is 53.9 Å². The maximum atomic E-state index is 12.3. The molecule has 0 saturated carbocycles. The van der Waals surface area contributed by atoms with E-state index in [0.29, 0.717) is 22.5 Å². The Hall–Kier alpha value is -2.38.